The summed E-state index contributed by atoms with van der Waals surface area (Å²) >= 11 is 0. The van der Waals surface area contributed by atoms with E-state index in [1.807, 2.05) is 0 Å². The normalized spacial score (nSPS) is 10.0. The molecule has 3 amide bonds. The van der Waals surface area contributed by atoms with Crippen molar-refractivity contribution in [1.82, 2.24) is 4.90 Å². The summed E-state index contributed by atoms with van der Waals surface area (Å²) in [6.07, 6.45) is 0. The number of halogens is 3. The number of nitrogens with two attached hydrogens (primary N) is 1. The van der Waals surface area contributed by atoms with Crippen LogP contribution in [0.5, 0.6) is 0 Å². The average Bonchev–Trinajstić information content (AvgIpc) is 2.31. The third-order valence-electron chi connectivity index (χ3n) is 2.20. The standard InChI is InChI=1S/C11H10F3N3O4/c12-5-1-6(13)10(7(14)2-5)16-11(21)17(3-8(15)18)4-9(19)20/h1-2H,3-4H2,(H2,15,18)(H,16,21)(H,19,20). The summed E-state index contributed by atoms with van der Waals surface area (Å²) in [6, 6.07) is -0.622. The first-order valence-corrected chi connectivity index (χ1v) is 5.41. The number of nitrogens with one attached hydrogen (secondary N) is 1. The fraction of sp³-hybridized carbons (Fsp3) is 0.182. The van der Waals surface area contributed by atoms with Gasteiger partial charge in [0.15, 0.2) is 11.6 Å². The van der Waals surface area contributed by atoms with Crippen molar-refractivity contribution in [2.24, 2.45) is 5.73 Å². The van der Waals surface area contributed by atoms with Gasteiger partial charge in [-0.05, 0) is 0 Å². The number of carbonyl (C=O) groups is 3. The molecule has 21 heavy (non-hydrogen) atoms. The molecule has 1 rings (SSSR count). The van der Waals surface area contributed by atoms with Crippen molar-refractivity contribution in [3.05, 3.63) is 29.6 Å². The first-order valence-electron chi connectivity index (χ1n) is 5.41. The second-order valence-corrected chi connectivity index (χ2v) is 3.89. The third-order valence-corrected chi connectivity index (χ3v) is 2.20. The number of benzene rings is 1. The van der Waals surface area contributed by atoms with Gasteiger partial charge in [-0.2, -0.15) is 0 Å². The van der Waals surface area contributed by atoms with Crippen molar-refractivity contribution in [2.75, 3.05) is 18.4 Å². The van der Waals surface area contributed by atoms with Gasteiger partial charge in [-0.1, -0.05) is 0 Å². The number of nitrogens with zero attached hydrogens (tertiary/aromatic N) is 1. The lowest BCUT2D eigenvalue weighted by molar-refractivity contribution is -0.137. The molecule has 0 aliphatic rings. The minimum absolute atomic E-state index is 0.328. The summed E-state index contributed by atoms with van der Waals surface area (Å²) in [5, 5.41) is 10.3. The number of carboxylic acids is 1. The van der Waals surface area contributed by atoms with Crippen molar-refractivity contribution in [3.8, 4) is 0 Å². The Kier molecular flexibility index (Phi) is 5.11. The van der Waals surface area contributed by atoms with Gasteiger partial charge in [-0.15, -0.1) is 0 Å². The molecule has 0 saturated carbocycles. The number of amides is 3. The van der Waals surface area contributed by atoms with Crippen LogP contribution in [0, 0.1) is 17.5 Å². The van der Waals surface area contributed by atoms with E-state index in [1.54, 1.807) is 5.32 Å². The van der Waals surface area contributed by atoms with Crippen molar-refractivity contribution in [1.29, 1.82) is 0 Å². The molecular formula is C11H10F3N3O4. The molecule has 7 nitrogen and oxygen atoms in total. The van der Waals surface area contributed by atoms with Gasteiger partial charge in [0.25, 0.3) is 0 Å². The predicted molar refractivity (Wildman–Crippen MR) is 63.7 cm³/mol. The zero-order chi connectivity index (χ0) is 16.2. The fourth-order valence-electron chi connectivity index (χ4n) is 1.40. The molecule has 114 valence electrons. The highest BCUT2D eigenvalue weighted by atomic mass is 19.1. The SMILES string of the molecule is NC(=O)CN(CC(=O)O)C(=O)Nc1c(F)cc(F)cc1F. The molecular weight excluding hydrogens is 295 g/mol. The van der Waals surface area contributed by atoms with E-state index < -0.39 is 54.1 Å². The summed E-state index contributed by atoms with van der Waals surface area (Å²) < 4.78 is 39.4. The number of carboxylic acid groups (broad SMARTS) is 1. The molecule has 0 unspecified atom stereocenters. The monoisotopic (exact) mass is 305 g/mol. The van der Waals surface area contributed by atoms with E-state index in [-0.39, 0.29) is 0 Å². The second-order valence-electron chi connectivity index (χ2n) is 3.89. The number of hydrogen-bond donors (Lipinski definition) is 3. The van der Waals surface area contributed by atoms with E-state index in [4.69, 9.17) is 10.8 Å². The fourth-order valence-corrected chi connectivity index (χ4v) is 1.40. The Morgan fingerprint density at radius 2 is 1.67 bits per heavy atom. The molecule has 4 N–H and O–H groups in total. The number of anilines is 1. The zero-order valence-corrected chi connectivity index (χ0v) is 10.4. The van der Waals surface area contributed by atoms with E-state index in [0.717, 1.165) is 0 Å². The van der Waals surface area contributed by atoms with Gasteiger partial charge in [-0.3, -0.25) is 9.59 Å². The minimum atomic E-state index is -1.47. The average molecular weight is 305 g/mol. The maximum atomic E-state index is 13.3. The Labute approximate surface area is 116 Å². The van der Waals surface area contributed by atoms with E-state index in [0.29, 0.717) is 17.0 Å². The van der Waals surface area contributed by atoms with Crippen LogP contribution in [-0.2, 0) is 9.59 Å². The number of aliphatic carboxylic acids is 1. The van der Waals surface area contributed by atoms with Crippen molar-refractivity contribution in [3.63, 3.8) is 0 Å². The number of rotatable bonds is 5. The van der Waals surface area contributed by atoms with Crippen LogP contribution in [0.15, 0.2) is 12.1 Å². The van der Waals surface area contributed by atoms with Crippen molar-refractivity contribution in [2.45, 2.75) is 0 Å². The molecule has 0 radical (unpaired) electrons. The summed E-state index contributed by atoms with van der Waals surface area (Å²) in [4.78, 5) is 33.4. The van der Waals surface area contributed by atoms with Gasteiger partial charge in [0.2, 0.25) is 5.91 Å². The first-order chi connectivity index (χ1) is 9.70. The Balaban J connectivity index is 2.96. The van der Waals surface area contributed by atoms with E-state index in [9.17, 15) is 27.6 Å². The molecule has 0 bridgehead atoms. The predicted octanol–water partition coefficient (Wildman–Crippen LogP) is 0.508. The topological polar surface area (TPSA) is 113 Å². The van der Waals surface area contributed by atoms with E-state index >= 15 is 0 Å². The van der Waals surface area contributed by atoms with Crippen LogP contribution in [0.2, 0.25) is 0 Å². The summed E-state index contributed by atoms with van der Waals surface area (Å²) in [7, 11) is 0. The molecule has 0 atom stereocenters. The van der Waals surface area contributed by atoms with Crippen molar-refractivity contribution >= 4 is 23.6 Å². The molecule has 0 spiro atoms. The molecule has 1 aromatic rings. The third kappa shape index (κ3) is 4.67. The van der Waals surface area contributed by atoms with Gasteiger partial charge in [-0.25, -0.2) is 18.0 Å². The number of carbonyl (C=O) groups excluding carboxylic acids is 2. The molecule has 0 heterocycles. The molecule has 10 heteroatoms. The van der Waals surface area contributed by atoms with E-state index in [2.05, 4.69) is 0 Å². The number of urea groups is 1. The summed E-state index contributed by atoms with van der Waals surface area (Å²) in [5.41, 5.74) is 3.86. The van der Waals surface area contributed by atoms with Gasteiger partial charge in [0.1, 0.15) is 24.6 Å². The Morgan fingerprint density at radius 3 is 2.10 bits per heavy atom. The molecule has 0 aliphatic heterocycles. The molecule has 1 aromatic carbocycles. The molecule has 0 fully saturated rings. The zero-order valence-electron chi connectivity index (χ0n) is 10.4. The molecule has 0 aliphatic carbocycles. The van der Waals surface area contributed by atoms with Gasteiger partial charge in [0, 0.05) is 12.1 Å². The van der Waals surface area contributed by atoms with E-state index in [1.165, 1.54) is 0 Å². The second kappa shape index (κ2) is 6.59. The Morgan fingerprint density at radius 1 is 1.14 bits per heavy atom. The number of primary amides is 1. The summed E-state index contributed by atoms with van der Waals surface area (Å²) in [5.74, 6) is -6.47. The highest BCUT2D eigenvalue weighted by molar-refractivity contribution is 5.94. The Hall–Kier alpha value is -2.78. The maximum Gasteiger partial charge on any atom is 0.323 e. The quantitative estimate of drug-likeness (QED) is 0.735. The highest BCUT2D eigenvalue weighted by Crippen LogP contribution is 2.20. The lowest BCUT2D eigenvalue weighted by Crippen LogP contribution is -2.44. The Bertz CT molecular complexity index is 555. The van der Waals surface area contributed by atoms with Crippen LogP contribution in [0.3, 0.4) is 0 Å². The van der Waals surface area contributed by atoms with Crippen LogP contribution < -0.4 is 11.1 Å². The van der Waals surface area contributed by atoms with Crippen LogP contribution >= 0.6 is 0 Å². The smallest absolute Gasteiger partial charge is 0.323 e. The first kappa shape index (κ1) is 16.3. The number of hydrogen-bond acceptors (Lipinski definition) is 3. The van der Waals surface area contributed by atoms with Gasteiger partial charge in [0.05, 0.1) is 0 Å². The largest absolute Gasteiger partial charge is 0.480 e. The molecule has 0 saturated heterocycles. The maximum absolute atomic E-state index is 13.3. The highest BCUT2D eigenvalue weighted by Gasteiger charge is 2.22. The lowest BCUT2D eigenvalue weighted by Gasteiger charge is -2.19. The minimum Gasteiger partial charge on any atom is -0.480 e. The summed E-state index contributed by atoms with van der Waals surface area (Å²) in [6.45, 7) is -1.69. The van der Waals surface area contributed by atoms with Gasteiger partial charge < -0.3 is 21.1 Å². The van der Waals surface area contributed by atoms with Crippen LogP contribution in [0.1, 0.15) is 0 Å². The molecule has 0 aromatic heterocycles. The van der Waals surface area contributed by atoms with Crippen LogP contribution in [0.25, 0.3) is 0 Å². The van der Waals surface area contributed by atoms with Gasteiger partial charge >= 0.3 is 12.0 Å². The van der Waals surface area contributed by atoms with Crippen LogP contribution in [0.4, 0.5) is 23.7 Å². The van der Waals surface area contributed by atoms with Crippen LogP contribution in [-0.4, -0.2) is 41.0 Å². The lowest BCUT2D eigenvalue weighted by atomic mass is 10.3. The van der Waals surface area contributed by atoms with Crippen molar-refractivity contribution < 1.29 is 32.7 Å².